The van der Waals surface area contributed by atoms with Crippen LogP contribution in [0.25, 0.3) is 0 Å². The first kappa shape index (κ1) is 61.6. The Morgan fingerprint density at radius 3 is 1.71 bits per heavy atom. The summed E-state index contributed by atoms with van der Waals surface area (Å²) < 4.78 is 58.0. The van der Waals surface area contributed by atoms with E-state index in [0.29, 0.717) is 67.7 Å². The van der Waals surface area contributed by atoms with E-state index in [0.717, 1.165) is 77.7 Å². The Morgan fingerprint density at radius 1 is 0.617 bits per heavy atom. The van der Waals surface area contributed by atoms with Gasteiger partial charge < -0.3 is 89.5 Å². The first-order chi connectivity index (χ1) is 44.5. The Kier molecular flexibility index (Phi) is 13.2. The lowest BCUT2D eigenvalue weighted by atomic mass is 9.46. The minimum atomic E-state index is -5.17. The van der Waals surface area contributed by atoms with Crippen LogP contribution in [0.1, 0.15) is 83.0 Å². The topological polar surface area (TPSA) is 389 Å². The number of likely N-dealkylation sites (N-methyl/N-ethyl adjacent to an activating group) is 3. The van der Waals surface area contributed by atoms with Crippen LogP contribution in [0.3, 0.4) is 0 Å². The van der Waals surface area contributed by atoms with Crippen LogP contribution in [0.2, 0.25) is 0 Å². The van der Waals surface area contributed by atoms with Gasteiger partial charge in [0.05, 0.1) is 54.0 Å². The summed E-state index contributed by atoms with van der Waals surface area (Å²) in [6.07, 6.45) is 13.4. The van der Waals surface area contributed by atoms with Crippen LogP contribution in [0.5, 0.6) is 46.0 Å². The SMILES string of the molecule is CN1CC[C@@]23C4=CC=C(CO)[C@@H]2Oc2c(O)ccc(c23)C[C@H]41.CN1CC[C@]23c4c5ccc(O)c4O[C@H]2C(=O)CC(O)[C@@]3(O)[C@H]1C5.C[NH+]1CC[C@]23c4c5ccc(O)c4O[C@H]2C(=O)C=C[C@@]3(O)[C@H]1C5.O=S(=O)([O-])[O-].[NH3+]C1CC[C@]23c4c5ccc(O)c4O[C@H]2C(=O)C=C[C@@]3(O)[C@H]1C5. The third-order valence-corrected chi connectivity index (χ3v) is 25.2. The standard InChI is InChI=1S/C18H19NO3.C17H19NO5.2C17H17NO4.H2O4S/c1-19-7-6-18-12-4-2-11(9-20)17(18)22-16-14(21)5-3-10(15(16)18)8-13(12)19;1-18-5-4-16-13-8-2-3-9(19)14(13)23-15(16)10(20)7-12(21)17(16,22)11(18)6-8;1-18-7-6-16-13-9-2-3-10(19)14(13)22-15(16)11(20)4-5-17(16,21)12(18)8-9;18-10-3-5-16-13-8-1-2-11(19)14(13)22-15(16)12(20)4-6-17(16,21)9(10)7-8;1-5(2,3)4/h2-5,13,17,20-21H,6-9H2,1H3;2-3,11-12,15,19,21-22H,4-7H2,1H3;2-5,12,15,19,21H,6-8H2,1H3;1-2,4,6,9-10,15,19,21H,3,5,7,18H2;(H2,1,2,3,4)/t13-,17+,18+;11-,12?,15+,16+,17+;12-,15+,16+,17-;9-,10?,15-,16-,17+;/m1110./s1. The van der Waals surface area contributed by atoms with Crippen molar-refractivity contribution in [2.24, 2.45) is 5.92 Å². The van der Waals surface area contributed by atoms with Crippen molar-refractivity contribution >= 4 is 27.7 Å². The number of aliphatic hydroxyl groups excluding tert-OH is 2. The van der Waals surface area contributed by atoms with Crippen molar-refractivity contribution in [2.45, 2.75) is 157 Å². The van der Waals surface area contributed by atoms with Crippen molar-refractivity contribution in [1.29, 1.82) is 0 Å². The van der Waals surface area contributed by atoms with Gasteiger partial charge in [0.15, 0.2) is 81.7 Å². The Labute approximate surface area is 540 Å². The minimum absolute atomic E-state index is 0.000284. The molecule has 18 atom stereocenters. The number of quaternary nitrogens is 2. The number of benzene rings is 4. The maximum atomic E-state index is 12.6. The van der Waals surface area contributed by atoms with E-state index < -0.39 is 67.9 Å². The number of likely N-dealkylation sites (tertiary alicyclic amines) is 3. The van der Waals surface area contributed by atoms with Gasteiger partial charge in [-0.15, -0.1) is 0 Å². The molecular weight excluding hydrogens is 1240 g/mol. The number of allylic oxidation sites excluding steroid dienone is 2. The van der Waals surface area contributed by atoms with Gasteiger partial charge in [-0.3, -0.25) is 27.7 Å². The number of ether oxygens (including phenoxy) is 4. The Balaban J connectivity index is 0.0000000967. The number of phenolic OH excluding ortho intramolecular Hbond substituents is 4. The molecule has 0 aromatic heterocycles. The molecular formula is C69H74N4O20S. The third-order valence-electron chi connectivity index (χ3n) is 25.2. The molecule has 5 fully saturated rings. The molecule has 4 aromatic rings. The number of hydrogen-bond acceptors (Lipinski definition) is 22. The molecule has 0 amide bonds. The van der Waals surface area contributed by atoms with Gasteiger partial charge in [0.2, 0.25) is 0 Å². The summed E-state index contributed by atoms with van der Waals surface area (Å²) in [7, 11) is 1.05. The third kappa shape index (κ3) is 7.54. The zero-order valence-corrected chi connectivity index (χ0v) is 52.6. The Hall–Kier alpha value is -7.24. The minimum Gasteiger partial charge on any atom is -0.759 e. The number of carbonyl (C=O) groups excluding carboxylic acids is 3. The van der Waals surface area contributed by atoms with E-state index in [2.05, 4.69) is 35.7 Å². The molecule has 2 saturated carbocycles. The summed E-state index contributed by atoms with van der Waals surface area (Å²) in [6, 6.07) is 14.5. The molecule has 8 bridgehead atoms. The molecule has 9 aliphatic carbocycles. The molecule has 94 heavy (non-hydrogen) atoms. The van der Waals surface area contributed by atoms with E-state index in [1.165, 1.54) is 33.8 Å². The van der Waals surface area contributed by atoms with Crippen molar-refractivity contribution in [2.75, 3.05) is 47.4 Å². The zero-order chi connectivity index (χ0) is 66.3. The summed E-state index contributed by atoms with van der Waals surface area (Å²) >= 11 is 0. The van der Waals surface area contributed by atoms with Gasteiger partial charge in [-0.2, -0.15) is 0 Å². The van der Waals surface area contributed by atoms with Crippen LogP contribution >= 0.6 is 0 Å². The highest BCUT2D eigenvalue weighted by molar-refractivity contribution is 7.79. The zero-order valence-electron chi connectivity index (χ0n) is 51.8. The average Bonchev–Trinajstić information content (AvgIpc) is 1.40. The van der Waals surface area contributed by atoms with Crippen molar-refractivity contribution in [3.8, 4) is 46.0 Å². The lowest BCUT2D eigenvalue weighted by Gasteiger charge is -2.63. The summed E-state index contributed by atoms with van der Waals surface area (Å²) in [5.41, 5.74) is 8.27. The van der Waals surface area contributed by atoms with Crippen LogP contribution in [0.15, 0.2) is 96.1 Å². The smallest absolute Gasteiger partial charge is 0.197 e. The lowest BCUT2D eigenvalue weighted by molar-refractivity contribution is -0.922. The van der Waals surface area contributed by atoms with Crippen LogP contribution in [0.4, 0.5) is 0 Å². The normalized spacial score (nSPS) is 39.9. The van der Waals surface area contributed by atoms with Crippen LogP contribution in [-0.4, -0.2) is 210 Å². The van der Waals surface area contributed by atoms with Gasteiger partial charge in [-0.25, -0.2) is 0 Å². The van der Waals surface area contributed by atoms with Crippen LogP contribution in [0, 0.1) is 5.92 Å². The van der Waals surface area contributed by atoms with E-state index in [-0.39, 0.29) is 88.9 Å². The first-order valence-electron chi connectivity index (χ1n) is 32.2. The molecule has 16 aliphatic rings. The largest absolute Gasteiger partial charge is 0.759 e. The molecule has 496 valence electrons. The fourth-order valence-corrected chi connectivity index (χ4v) is 21.2. The van der Waals surface area contributed by atoms with Crippen LogP contribution in [-0.2, 0) is 72.1 Å². The number of Topliss-reactive ketones (excluding diaryl/α,β-unsaturated/α-hetero) is 1. The van der Waals surface area contributed by atoms with Crippen molar-refractivity contribution in [3.63, 3.8) is 0 Å². The molecule has 3 unspecified atom stereocenters. The average molecular weight is 1310 g/mol. The monoisotopic (exact) mass is 1310 g/mol. The number of rotatable bonds is 1. The number of hydrogen-bond donors (Lipinski definition) is 11. The Morgan fingerprint density at radius 2 is 1.12 bits per heavy atom. The molecule has 7 aliphatic heterocycles. The summed E-state index contributed by atoms with van der Waals surface area (Å²) in [5, 5.41) is 96.1. The number of ketones is 3. The summed E-state index contributed by atoms with van der Waals surface area (Å²) in [4.78, 5) is 43.2. The number of nitrogens with zero attached hydrogens (tertiary/aromatic N) is 2. The molecule has 4 spiro atoms. The highest BCUT2D eigenvalue weighted by Gasteiger charge is 2.77. The van der Waals surface area contributed by atoms with Crippen molar-refractivity contribution in [1.82, 2.24) is 9.80 Å². The first-order valence-corrected chi connectivity index (χ1v) is 33.6. The van der Waals surface area contributed by atoms with Gasteiger partial charge in [-0.05, 0) is 148 Å². The number of piperidine rings is 3. The number of phenols is 4. The van der Waals surface area contributed by atoms with E-state index in [1.807, 2.05) is 37.4 Å². The fraction of sp³-hybridized carbons (Fsp3) is 0.493. The maximum absolute atomic E-state index is 12.6. The second-order valence-electron chi connectivity index (χ2n) is 28.8. The molecule has 25 heteroatoms. The second-order valence-corrected chi connectivity index (χ2v) is 29.7. The van der Waals surface area contributed by atoms with E-state index in [9.17, 15) is 60.3 Å². The molecule has 7 heterocycles. The second kappa shape index (κ2) is 20.2. The van der Waals surface area contributed by atoms with E-state index >= 15 is 0 Å². The molecule has 13 N–H and O–H groups in total. The highest BCUT2D eigenvalue weighted by atomic mass is 32.3. The summed E-state index contributed by atoms with van der Waals surface area (Å²) in [5.74, 6) is 1.58. The quantitative estimate of drug-likeness (QED) is 0.0790. The van der Waals surface area contributed by atoms with Gasteiger partial charge in [0, 0.05) is 76.3 Å². The molecule has 0 radical (unpaired) electrons. The maximum Gasteiger partial charge on any atom is 0.197 e. The molecule has 4 aromatic carbocycles. The van der Waals surface area contributed by atoms with Gasteiger partial charge in [-0.1, -0.05) is 36.4 Å². The predicted molar refractivity (Wildman–Crippen MR) is 326 cm³/mol. The van der Waals surface area contributed by atoms with Crippen molar-refractivity contribution < 1.29 is 107 Å². The predicted octanol–water partition coefficient (Wildman–Crippen LogP) is -1.17. The number of aliphatic hydroxyl groups is 5. The number of aromatic hydroxyl groups is 4. The number of nitrogens with one attached hydrogen (secondary N) is 1. The van der Waals surface area contributed by atoms with Gasteiger partial charge in [0.1, 0.15) is 28.9 Å². The number of carbonyl (C=O) groups is 3. The van der Waals surface area contributed by atoms with Gasteiger partial charge >= 0.3 is 0 Å². The van der Waals surface area contributed by atoms with Gasteiger partial charge in [0.25, 0.3) is 0 Å². The van der Waals surface area contributed by atoms with E-state index in [4.69, 9.17) is 36.5 Å². The molecule has 24 nitrogen and oxygen atoms in total. The molecule has 20 rings (SSSR count). The van der Waals surface area contributed by atoms with Crippen LogP contribution < -0.4 is 29.6 Å². The lowest BCUT2D eigenvalue weighted by Crippen LogP contribution is -3.19. The highest BCUT2D eigenvalue weighted by Crippen LogP contribution is 2.68. The molecule has 3 saturated heterocycles. The Bertz CT molecular complexity index is 4170. The van der Waals surface area contributed by atoms with Crippen molar-refractivity contribution in [3.05, 3.63) is 141 Å². The summed E-state index contributed by atoms with van der Waals surface area (Å²) in [6.45, 7) is 2.60. The fourth-order valence-electron chi connectivity index (χ4n) is 21.2. The van der Waals surface area contributed by atoms with E-state index in [1.54, 1.807) is 36.4 Å².